The Morgan fingerprint density at radius 1 is 0.964 bits per heavy atom. The smallest absolute Gasteiger partial charge is 0.265 e. The fourth-order valence-electron chi connectivity index (χ4n) is 11.3. The number of aliphatic hydroxyl groups excluding tert-OH is 2. The molecule has 3 saturated carbocycles. The molecule has 0 bridgehead atoms. The van der Waals surface area contributed by atoms with Crippen molar-refractivity contribution in [2.24, 2.45) is 28.6 Å². The van der Waals surface area contributed by atoms with Crippen LogP contribution in [0, 0.1) is 28.6 Å². The maximum absolute atomic E-state index is 17.1. The van der Waals surface area contributed by atoms with Gasteiger partial charge in [-0.3, -0.25) is 13.8 Å². The third-order valence-corrected chi connectivity index (χ3v) is 14.4. The van der Waals surface area contributed by atoms with E-state index in [1.54, 1.807) is 32.4 Å². The summed E-state index contributed by atoms with van der Waals surface area (Å²) in [7, 11) is -1.89. The van der Waals surface area contributed by atoms with Gasteiger partial charge in [-0.05, 0) is 104 Å². The molecule has 2 aromatic rings. The first-order chi connectivity index (χ1) is 25.5. The molecule has 1 heterocycles. The molecule has 0 aromatic heterocycles. The summed E-state index contributed by atoms with van der Waals surface area (Å²) in [5, 5.41) is 21.1. The van der Waals surface area contributed by atoms with E-state index in [2.05, 4.69) is 72.6 Å². The van der Waals surface area contributed by atoms with Crippen molar-refractivity contribution in [3.8, 4) is 0 Å². The highest BCUT2D eigenvalue weighted by molar-refractivity contribution is 7.86. The van der Waals surface area contributed by atoms with E-state index in [9.17, 15) is 28.2 Å². The topological polar surface area (TPSA) is 121 Å². The molecular formula is C44H53ClFNO7S. The first-order valence-corrected chi connectivity index (χ1v) is 20.9. The lowest BCUT2D eigenvalue weighted by atomic mass is 9.44. The van der Waals surface area contributed by atoms with E-state index in [0.717, 1.165) is 19.3 Å². The summed E-state index contributed by atoms with van der Waals surface area (Å²) in [6.07, 6.45) is 11.4. The molecule has 0 unspecified atom stereocenters. The Bertz CT molecular complexity index is 2050. The van der Waals surface area contributed by atoms with Crippen LogP contribution in [-0.4, -0.2) is 85.5 Å². The standard InChI is InChI=1S/C23H31FO7S.C21H21N.ClH/c1-13-9-17-16-6-5-14-10-15(26)7-8-20(14,2)22(16,24)18(27)11-21(17,3)23(13,19(28)12-25)31-32(4,29)30;1-22-14-12-18(13-15-22)21-19-8-4-2-6-16(19)10-11-17-7-3-5-9-20(17)21;/h7-8,10,13,16-18,25,27H,5-6,9,11-12H2,1-4H3;2-11H,12-15H2,1H3;1H/t13-,16-,17-,18-,20-,21-,22-,23-;;/m0../s1. The third kappa shape index (κ3) is 6.54. The third-order valence-electron chi connectivity index (χ3n) is 13.9. The highest BCUT2D eigenvalue weighted by atomic mass is 35.5. The van der Waals surface area contributed by atoms with Crippen molar-refractivity contribution in [2.45, 2.75) is 76.7 Å². The molecule has 296 valence electrons. The van der Waals surface area contributed by atoms with Gasteiger partial charge in [0.1, 0.15) is 6.61 Å². The number of rotatable bonds is 4. The number of ketones is 2. The molecule has 0 spiro atoms. The zero-order valence-electron chi connectivity index (χ0n) is 32.3. The molecule has 4 fully saturated rings. The average molecular weight is 794 g/mol. The number of carbonyl (C=O) groups excluding carboxylic acids is 2. The number of likely N-dealkylation sites (tertiary alicyclic amines) is 1. The molecule has 0 amide bonds. The summed E-state index contributed by atoms with van der Waals surface area (Å²) >= 11 is 0. The highest BCUT2D eigenvalue weighted by Gasteiger charge is 2.77. The Kier molecular flexibility index (Phi) is 11.2. The predicted octanol–water partition coefficient (Wildman–Crippen LogP) is 7.00. The van der Waals surface area contributed by atoms with E-state index in [0.29, 0.717) is 24.8 Å². The van der Waals surface area contributed by atoms with Crippen molar-refractivity contribution in [3.05, 3.63) is 100 Å². The second-order valence-electron chi connectivity index (χ2n) is 16.8. The Morgan fingerprint density at radius 2 is 1.55 bits per heavy atom. The van der Waals surface area contributed by atoms with Crippen molar-refractivity contribution in [3.63, 3.8) is 0 Å². The van der Waals surface area contributed by atoms with Crippen molar-refractivity contribution in [1.29, 1.82) is 0 Å². The molecule has 8 rings (SSSR count). The summed E-state index contributed by atoms with van der Waals surface area (Å²) in [6, 6.07) is 17.6. The van der Waals surface area contributed by atoms with Gasteiger partial charge in [0.25, 0.3) is 10.1 Å². The van der Waals surface area contributed by atoms with Crippen LogP contribution < -0.4 is 0 Å². The van der Waals surface area contributed by atoms with Gasteiger partial charge in [0.2, 0.25) is 0 Å². The molecular weight excluding hydrogens is 741 g/mol. The van der Waals surface area contributed by atoms with Crippen molar-refractivity contribution in [1.82, 2.24) is 4.90 Å². The van der Waals surface area contributed by atoms with Crippen LogP contribution in [0.2, 0.25) is 0 Å². The van der Waals surface area contributed by atoms with Crippen LogP contribution in [-0.2, 0) is 23.9 Å². The number of hydrogen-bond acceptors (Lipinski definition) is 8. The van der Waals surface area contributed by atoms with Gasteiger partial charge in [-0.25, -0.2) is 4.39 Å². The monoisotopic (exact) mass is 793 g/mol. The lowest BCUT2D eigenvalue weighted by Gasteiger charge is -2.62. The summed E-state index contributed by atoms with van der Waals surface area (Å²) in [5.41, 5.74) is 2.80. The van der Waals surface area contributed by atoms with Crippen molar-refractivity contribution >= 4 is 51.8 Å². The Morgan fingerprint density at radius 3 is 2.11 bits per heavy atom. The normalized spacial score (nSPS) is 35.1. The molecule has 55 heavy (non-hydrogen) atoms. The number of hydrogen-bond donors (Lipinski definition) is 2. The number of halogens is 2. The minimum absolute atomic E-state index is 0. The number of benzene rings is 2. The number of aliphatic hydroxyl groups is 2. The minimum Gasteiger partial charge on any atom is -0.390 e. The second-order valence-corrected chi connectivity index (χ2v) is 18.4. The maximum atomic E-state index is 17.1. The van der Waals surface area contributed by atoms with Gasteiger partial charge in [-0.2, -0.15) is 8.42 Å². The number of carbonyl (C=O) groups is 2. The van der Waals surface area contributed by atoms with E-state index in [1.165, 1.54) is 52.8 Å². The average Bonchev–Trinajstić information content (AvgIpc) is 3.24. The van der Waals surface area contributed by atoms with Crippen molar-refractivity contribution < 1.29 is 36.8 Å². The van der Waals surface area contributed by atoms with Crippen molar-refractivity contribution in [2.75, 3.05) is 33.0 Å². The molecule has 1 saturated heterocycles. The first-order valence-electron chi connectivity index (χ1n) is 19.1. The van der Waals surface area contributed by atoms with Gasteiger partial charge in [0, 0.05) is 29.8 Å². The van der Waals surface area contributed by atoms with Crippen LogP contribution in [0.1, 0.15) is 81.5 Å². The largest absolute Gasteiger partial charge is 0.390 e. The lowest BCUT2D eigenvalue weighted by molar-refractivity contribution is -0.214. The number of fused-ring (bicyclic) bond motifs is 7. The van der Waals surface area contributed by atoms with Gasteiger partial charge in [0.05, 0.1) is 12.4 Å². The first kappa shape index (κ1) is 41.4. The number of Topliss-reactive ketones (excluding diaryl/α,β-unsaturated/α-hetero) is 1. The highest BCUT2D eigenvalue weighted by Crippen LogP contribution is 2.71. The van der Waals surface area contributed by atoms with Crippen LogP contribution in [0.3, 0.4) is 0 Å². The van der Waals surface area contributed by atoms with E-state index in [4.69, 9.17) is 4.18 Å². The zero-order valence-corrected chi connectivity index (χ0v) is 33.9. The predicted molar refractivity (Wildman–Crippen MR) is 215 cm³/mol. The van der Waals surface area contributed by atoms with E-state index >= 15 is 4.39 Å². The summed E-state index contributed by atoms with van der Waals surface area (Å²) in [5.74, 6) is -2.75. The molecule has 8 nitrogen and oxygen atoms in total. The van der Waals surface area contributed by atoms with Crippen LogP contribution in [0.25, 0.3) is 17.7 Å². The second kappa shape index (κ2) is 14.9. The molecule has 1 aliphatic heterocycles. The quantitative estimate of drug-likeness (QED) is 0.271. The molecule has 0 radical (unpaired) electrons. The van der Waals surface area contributed by atoms with Gasteiger partial charge in [-0.15, -0.1) is 12.4 Å². The maximum Gasteiger partial charge on any atom is 0.265 e. The summed E-state index contributed by atoms with van der Waals surface area (Å²) in [4.78, 5) is 27.4. The van der Waals surface area contributed by atoms with Gasteiger partial charge >= 0.3 is 0 Å². The summed E-state index contributed by atoms with van der Waals surface area (Å²) in [6.45, 7) is 6.46. The van der Waals surface area contributed by atoms with Gasteiger partial charge in [-0.1, -0.05) is 91.8 Å². The molecule has 8 atom stereocenters. The summed E-state index contributed by atoms with van der Waals surface area (Å²) < 4.78 is 47.1. The number of allylic oxidation sites excluding steroid dienone is 4. The van der Waals surface area contributed by atoms with E-state index < -0.39 is 68.5 Å². The fraction of sp³-hybridized carbons (Fsp3) is 0.500. The van der Waals surface area contributed by atoms with E-state index in [-0.39, 0.29) is 24.6 Å². The molecule has 2 N–H and O–H groups in total. The van der Waals surface area contributed by atoms with Crippen LogP contribution >= 0.6 is 12.4 Å². The number of piperidine rings is 1. The number of nitrogens with zero attached hydrogens (tertiary/aromatic N) is 1. The molecule has 2 aromatic carbocycles. The molecule has 6 aliphatic rings. The van der Waals surface area contributed by atoms with Crippen LogP contribution in [0.5, 0.6) is 0 Å². The van der Waals surface area contributed by atoms with Crippen LogP contribution in [0.15, 0.2) is 77.9 Å². The minimum atomic E-state index is -4.11. The van der Waals surface area contributed by atoms with Crippen LogP contribution in [0.4, 0.5) is 4.39 Å². The fourth-order valence-corrected chi connectivity index (χ4v) is 12.2. The van der Waals surface area contributed by atoms with Gasteiger partial charge in [0.15, 0.2) is 22.8 Å². The lowest BCUT2D eigenvalue weighted by Crippen LogP contribution is -2.70. The molecule has 11 heteroatoms. The zero-order chi connectivity index (χ0) is 38.8. The van der Waals surface area contributed by atoms with Gasteiger partial charge < -0.3 is 15.1 Å². The Balaban J connectivity index is 0.000000195. The molecule has 5 aliphatic carbocycles. The van der Waals surface area contributed by atoms with E-state index in [1.807, 2.05) is 0 Å². The SMILES string of the molecule is CN1CCC(=C2c3ccccc3C=Cc3ccccc32)CC1.C[C@H]1C[C@H]2[C@@H]3CCC4=CC(=O)C=C[C@]4(C)[C@@]3(F)[C@@H](O)C[C@]2(C)[C@@]1(OS(C)(=O)=O)C(=O)CO.Cl. The Labute approximate surface area is 330 Å². The number of alkyl halides is 1. The Hall–Kier alpha value is -3.25.